The minimum atomic E-state index is -0.183. The molecule has 0 saturated heterocycles. The maximum Gasteiger partial charge on any atom is 0.293 e. The standard InChI is InChI=1S/C12H20N4O2/c1-8(2)10-13-11(15-14-10)12(18)16(6-7-17)9-4-3-5-9/h8-9,17H,3-7H2,1-2H3,(H,13,14,15). The van der Waals surface area contributed by atoms with Crippen molar-refractivity contribution in [3.8, 4) is 0 Å². The van der Waals surface area contributed by atoms with Crippen molar-refractivity contribution >= 4 is 5.91 Å². The number of carbonyl (C=O) groups is 1. The van der Waals surface area contributed by atoms with E-state index < -0.39 is 0 Å². The number of nitrogens with one attached hydrogen (secondary N) is 1. The Balaban J connectivity index is 2.11. The molecule has 1 saturated carbocycles. The molecule has 0 unspecified atom stereocenters. The van der Waals surface area contributed by atoms with Gasteiger partial charge in [0.1, 0.15) is 5.82 Å². The zero-order chi connectivity index (χ0) is 13.1. The lowest BCUT2D eigenvalue weighted by molar-refractivity contribution is 0.0514. The summed E-state index contributed by atoms with van der Waals surface area (Å²) in [6, 6.07) is 0.241. The molecular formula is C12H20N4O2. The van der Waals surface area contributed by atoms with Crippen LogP contribution < -0.4 is 0 Å². The van der Waals surface area contributed by atoms with Gasteiger partial charge in [0.15, 0.2) is 0 Å². The summed E-state index contributed by atoms with van der Waals surface area (Å²) in [5.41, 5.74) is 0. The van der Waals surface area contributed by atoms with Crippen molar-refractivity contribution in [2.24, 2.45) is 0 Å². The molecule has 1 amide bonds. The molecule has 0 spiro atoms. The zero-order valence-electron chi connectivity index (χ0n) is 10.9. The highest BCUT2D eigenvalue weighted by atomic mass is 16.3. The Labute approximate surface area is 106 Å². The Kier molecular flexibility index (Phi) is 3.96. The average Bonchev–Trinajstić information content (AvgIpc) is 2.74. The highest BCUT2D eigenvalue weighted by Gasteiger charge is 2.30. The zero-order valence-corrected chi connectivity index (χ0v) is 10.9. The summed E-state index contributed by atoms with van der Waals surface area (Å²) < 4.78 is 0. The molecule has 1 aromatic rings. The van der Waals surface area contributed by atoms with Gasteiger partial charge in [-0.2, -0.15) is 0 Å². The fourth-order valence-electron chi connectivity index (χ4n) is 2.01. The first kappa shape index (κ1) is 13.0. The van der Waals surface area contributed by atoms with Crippen LogP contribution in [0.2, 0.25) is 0 Å². The topological polar surface area (TPSA) is 82.1 Å². The van der Waals surface area contributed by atoms with Gasteiger partial charge >= 0.3 is 0 Å². The highest BCUT2D eigenvalue weighted by molar-refractivity contribution is 5.90. The number of nitrogens with zero attached hydrogens (tertiary/aromatic N) is 3. The van der Waals surface area contributed by atoms with Crippen molar-refractivity contribution < 1.29 is 9.90 Å². The van der Waals surface area contributed by atoms with E-state index in [9.17, 15) is 4.79 Å². The number of carbonyl (C=O) groups excluding carboxylic acids is 1. The number of aromatic nitrogens is 3. The molecule has 0 aromatic carbocycles. The van der Waals surface area contributed by atoms with Crippen LogP contribution in [0.15, 0.2) is 0 Å². The van der Waals surface area contributed by atoms with E-state index in [4.69, 9.17) is 5.11 Å². The summed E-state index contributed by atoms with van der Waals surface area (Å²) in [5, 5.41) is 15.8. The van der Waals surface area contributed by atoms with Crippen molar-refractivity contribution in [3.63, 3.8) is 0 Å². The first-order chi connectivity index (χ1) is 8.63. The summed E-state index contributed by atoms with van der Waals surface area (Å²) in [6.07, 6.45) is 3.16. The number of rotatable bonds is 5. The molecule has 18 heavy (non-hydrogen) atoms. The van der Waals surface area contributed by atoms with Crippen LogP contribution in [0.1, 0.15) is 55.5 Å². The summed E-state index contributed by atoms with van der Waals surface area (Å²) in [5.74, 6) is 0.959. The predicted octanol–water partition coefficient (Wildman–Crippen LogP) is 0.915. The first-order valence-electron chi connectivity index (χ1n) is 6.47. The molecule has 1 heterocycles. The van der Waals surface area contributed by atoms with E-state index in [-0.39, 0.29) is 30.3 Å². The van der Waals surface area contributed by atoms with Gasteiger partial charge in [0, 0.05) is 18.5 Å². The molecule has 1 aliphatic rings. The van der Waals surface area contributed by atoms with Crippen molar-refractivity contribution in [1.82, 2.24) is 20.1 Å². The second-order valence-corrected chi connectivity index (χ2v) is 5.01. The summed E-state index contributed by atoms with van der Waals surface area (Å²) in [6.45, 7) is 4.32. The first-order valence-corrected chi connectivity index (χ1v) is 6.47. The van der Waals surface area contributed by atoms with Gasteiger partial charge in [-0.15, -0.1) is 5.10 Å². The molecule has 6 heteroatoms. The summed E-state index contributed by atoms with van der Waals surface area (Å²) in [4.78, 5) is 18.2. The summed E-state index contributed by atoms with van der Waals surface area (Å²) >= 11 is 0. The predicted molar refractivity (Wildman–Crippen MR) is 66.2 cm³/mol. The maximum absolute atomic E-state index is 12.3. The number of aliphatic hydroxyl groups excluding tert-OH is 1. The van der Waals surface area contributed by atoms with Gasteiger partial charge in [-0.1, -0.05) is 13.8 Å². The molecule has 0 radical (unpaired) electrons. The third kappa shape index (κ3) is 2.53. The lowest BCUT2D eigenvalue weighted by atomic mass is 9.91. The van der Waals surface area contributed by atoms with E-state index >= 15 is 0 Å². The van der Waals surface area contributed by atoms with Crippen LogP contribution in [-0.2, 0) is 0 Å². The van der Waals surface area contributed by atoms with Gasteiger partial charge in [0.05, 0.1) is 6.61 Å². The van der Waals surface area contributed by atoms with Crippen molar-refractivity contribution in [1.29, 1.82) is 0 Å². The van der Waals surface area contributed by atoms with E-state index in [1.54, 1.807) is 4.90 Å². The SMILES string of the molecule is CC(C)c1nc(C(=O)N(CCO)C2CCC2)n[nH]1. The quantitative estimate of drug-likeness (QED) is 0.816. The van der Waals surface area contributed by atoms with Gasteiger partial charge in [-0.25, -0.2) is 4.98 Å². The van der Waals surface area contributed by atoms with E-state index in [0.29, 0.717) is 6.54 Å². The van der Waals surface area contributed by atoms with Crippen LogP contribution in [0.5, 0.6) is 0 Å². The van der Waals surface area contributed by atoms with Crippen molar-refractivity contribution in [3.05, 3.63) is 11.6 Å². The lowest BCUT2D eigenvalue weighted by Crippen LogP contribution is -2.46. The number of hydrogen-bond donors (Lipinski definition) is 2. The van der Waals surface area contributed by atoms with Gasteiger partial charge in [-0.3, -0.25) is 9.89 Å². The molecule has 0 atom stereocenters. The Bertz CT molecular complexity index is 412. The molecule has 1 aliphatic carbocycles. The third-order valence-electron chi connectivity index (χ3n) is 3.36. The Hall–Kier alpha value is -1.43. The Morgan fingerprint density at radius 1 is 1.56 bits per heavy atom. The normalized spacial score (nSPS) is 15.8. The van der Waals surface area contributed by atoms with Crippen molar-refractivity contribution in [2.45, 2.75) is 45.1 Å². The van der Waals surface area contributed by atoms with Crippen LogP contribution in [-0.4, -0.2) is 50.3 Å². The number of H-pyrrole nitrogens is 1. The molecule has 0 aliphatic heterocycles. The molecule has 0 bridgehead atoms. The van der Waals surface area contributed by atoms with Crippen molar-refractivity contribution in [2.75, 3.05) is 13.2 Å². The molecule has 1 aromatic heterocycles. The van der Waals surface area contributed by atoms with Crippen LogP contribution in [0.3, 0.4) is 0 Å². The minimum Gasteiger partial charge on any atom is -0.395 e. The van der Waals surface area contributed by atoms with Gasteiger partial charge in [-0.05, 0) is 19.3 Å². The maximum atomic E-state index is 12.3. The number of aliphatic hydroxyl groups is 1. The average molecular weight is 252 g/mol. The number of hydrogen-bond acceptors (Lipinski definition) is 4. The van der Waals surface area contributed by atoms with E-state index in [0.717, 1.165) is 25.1 Å². The second kappa shape index (κ2) is 5.48. The van der Waals surface area contributed by atoms with Gasteiger partial charge < -0.3 is 10.0 Å². The Morgan fingerprint density at radius 2 is 2.28 bits per heavy atom. The largest absolute Gasteiger partial charge is 0.395 e. The molecular weight excluding hydrogens is 232 g/mol. The number of aromatic amines is 1. The van der Waals surface area contributed by atoms with Crippen LogP contribution >= 0.6 is 0 Å². The fraction of sp³-hybridized carbons (Fsp3) is 0.750. The molecule has 6 nitrogen and oxygen atoms in total. The van der Waals surface area contributed by atoms with Crippen LogP contribution in [0, 0.1) is 0 Å². The molecule has 100 valence electrons. The Morgan fingerprint density at radius 3 is 2.72 bits per heavy atom. The smallest absolute Gasteiger partial charge is 0.293 e. The molecule has 2 rings (SSSR count). The van der Waals surface area contributed by atoms with Crippen LogP contribution in [0.25, 0.3) is 0 Å². The monoisotopic (exact) mass is 252 g/mol. The van der Waals surface area contributed by atoms with Gasteiger partial charge in [0.2, 0.25) is 5.82 Å². The highest BCUT2D eigenvalue weighted by Crippen LogP contribution is 2.25. The molecule has 2 N–H and O–H groups in total. The van der Waals surface area contributed by atoms with E-state index in [1.807, 2.05) is 13.8 Å². The van der Waals surface area contributed by atoms with Gasteiger partial charge in [0.25, 0.3) is 5.91 Å². The lowest BCUT2D eigenvalue weighted by Gasteiger charge is -2.36. The fourth-order valence-corrected chi connectivity index (χ4v) is 2.01. The third-order valence-corrected chi connectivity index (χ3v) is 3.36. The molecule has 1 fully saturated rings. The second-order valence-electron chi connectivity index (χ2n) is 5.01. The minimum absolute atomic E-state index is 0.0241. The van der Waals surface area contributed by atoms with Crippen LogP contribution in [0.4, 0.5) is 0 Å². The van der Waals surface area contributed by atoms with E-state index in [1.165, 1.54) is 0 Å². The summed E-state index contributed by atoms with van der Waals surface area (Å²) in [7, 11) is 0. The number of amides is 1. The van der Waals surface area contributed by atoms with E-state index in [2.05, 4.69) is 15.2 Å².